The fraction of sp³-hybridized carbons (Fsp3) is 0.389. The number of hydrogen-bond acceptors (Lipinski definition) is 2. The van der Waals surface area contributed by atoms with Crippen LogP contribution in [-0.4, -0.2) is 23.1 Å². The van der Waals surface area contributed by atoms with E-state index in [1.807, 2.05) is 11.3 Å². The summed E-state index contributed by atoms with van der Waals surface area (Å²) >= 11 is 7.54. The SMILES string of the molecule is CC[C@@H]1c2ccsc2CCN1C(=S)NCCc1ccccc1. The van der Waals surface area contributed by atoms with Gasteiger partial charge in [0, 0.05) is 18.0 Å². The molecule has 3 rings (SSSR count). The zero-order valence-corrected chi connectivity index (χ0v) is 14.6. The molecule has 1 aromatic carbocycles. The highest BCUT2D eigenvalue weighted by Gasteiger charge is 2.28. The minimum Gasteiger partial charge on any atom is -0.362 e. The molecule has 4 heteroatoms. The van der Waals surface area contributed by atoms with Crippen molar-refractivity contribution in [3.63, 3.8) is 0 Å². The molecular weight excluding hydrogens is 308 g/mol. The second kappa shape index (κ2) is 7.25. The Bertz CT molecular complexity index is 621. The highest BCUT2D eigenvalue weighted by atomic mass is 32.1. The van der Waals surface area contributed by atoms with Gasteiger partial charge >= 0.3 is 0 Å². The lowest BCUT2D eigenvalue weighted by molar-refractivity contribution is 0.290. The van der Waals surface area contributed by atoms with E-state index in [4.69, 9.17) is 12.2 Å². The summed E-state index contributed by atoms with van der Waals surface area (Å²) < 4.78 is 0. The molecule has 1 aliphatic heterocycles. The van der Waals surface area contributed by atoms with Crippen molar-refractivity contribution in [2.24, 2.45) is 0 Å². The molecule has 0 radical (unpaired) electrons. The molecule has 2 nitrogen and oxygen atoms in total. The van der Waals surface area contributed by atoms with Gasteiger partial charge in [-0.2, -0.15) is 0 Å². The number of nitrogens with zero attached hydrogens (tertiary/aromatic N) is 1. The molecule has 0 saturated carbocycles. The van der Waals surface area contributed by atoms with Crippen LogP contribution in [0.2, 0.25) is 0 Å². The number of rotatable bonds is 4. The lowest BCUT2D eigenvalue weighted by atomic mass is 9.98. The van der Waals surface area contributed by atoms with E-state index >= 15 is 0 Å². The molecule has 2 aromatic rings. The van der Waals surface area contributed by atoms with E-state index in [2.05, 4.69) is 58.9 Å². The number of hydrogen-bond donors (Lipinski definition) is 1. The Labute approximate surface area is 142 Å². The van der Waals surface area contributed by atoms with E-state index in [-0.39, 0.29) is 0 Å². The van der Waals surface area contributed by atoms with Crippen LogP contribution < -0.4 is 5.32 Å². The Kier molecular flexibility index (Phi) is 5.11. The van der Waals surface area contributed by atoms with Gasteiger partial charge in [0.15, 0.2) is 5.11 Å². The third-order valence-corrected chi connectivity index (χ3v) is 5.65. The first kappa shape index (κ1) is 15.5. The molecule has 1 aromatic heterocycles. The highest BCUT2D eigenvalue weighted by Crippen LogP contribution is 2.35. The average molecular weight is 331 g/mol. The summed E-state index contributed by atoms with van der Waals surface area (Å²) in [6, 6.07) is 13.3. The van der Waals surface area contributed by atoms with Gasteiger partial charge in [0.2, 0.25) is 0 Å². The Balaban J connectivity index is 1.58. The van der Waals surface area contributed by atoms with Crippen molar-refractivity contribution in [3.8, 4) is 0 Å². The summed E-state index contributed by atoms with van der Waals surface area (Å²) in [5.41, 5.74) is 2.83. The highest BCUT2D eigenvalue weighted by molar-refractivity contribution is 7.80. The largest absolute Gasteiger partial charge is 0.362 e. The van der Waals surface area contributed by atoms with Crippen molar-refractivity contribution in [2.45, 2.75) is 32.2 Å². The zero-order chi connectivity index (χ0) is 15.4. The molecule has 1 atom stereocenters. The predicted octanol–water partition coefficient (Wildman–Crippen LogP) is 4.17. The van der Waals surface area contributed by atoms with E-state index in [1.165, 1.54) is 16.0 Å². The quantitative estimate of drug-likeness (QED) is 0.847. The van der Waals surface area contributed by atoms with Gasteiger partial charge in [-0.1, -0.05) is 37.3 Å². The van der Waals surface area contributed by atoms with Gasteiger partial charge in [-0.25, -0.2) is 0 Å². The zero-order valence-electron chi connectivity index (χ0n) is 12.9. The van der Waals surface area contributed by atoms with E-state index in [9.17, 15) is 0 Å². The van der Waals surface area contributed by atoms with Gasteiger partial charge in [-0.3, -0.25) is 0 Å². The maximum absolute atomic E-state index is 5.65. The first-order chi connectivity index (χ1) is 10.8. The number of thiocarbonyl (C=S) groups is 1. The van der Waals surface area contributed by atoms with Crippen molar-refractivity contribution in [2.75, 3.05) is 13.1 Å². The van der Waals surface area contributed by atoms with Crippen molar-refractivity contribution in [1.82, 2.24) is 10.2 Å². The molecule has 0 fully saturated rings. The summed E-state index contributed by atoms with van der Waals surface area (Å²) in [6.45, 7) is 4.17. The van der Waals surface area contributed by atoms with Gasteiger partial charge in [0.1, 0.15) is 0 Å². The van der Waals surface area contributed by atoms with Crippen LogP contribution in [0.25, 0.3) is 0 Å². The minimum atomic E-state index is 0.437. The molecule has 0 spiro atoms. The van der Waals surface area contributed by atoms with E-state index in [1.54, 1.807) is 0 Å². The smallest absolute Gasteiger partial charge is 0.169 e. The molecule has 2 heterocycles. The average Bonchev–Trinajstić information content (AvgIpc) is 3.03. The number of benzene rings is 1. The number of thiophene rings is 1. The first-order valence-electron chi connectivity index (χ1n) is 7.94. The monoisotopic (exact) mass is 330 g/mol. The third-order valence-electron chi connectivity index (χ3n) is 4.28. The summed E-state index contributed by atoms with van der Waals surface area (Å²) in [7, 11) is 0. The van der Waals surface area contributed by atoms with Crippen molar-refractivity contribution >= 4 is 28.7 Å². The maximum Gasteiger partial charge on any atom is 0.169 e. The fourth-order valence-electron chi connectivity index (χ4n) is 3.14. The van der Waals surface area contributed by atoms with Crippen molar-refractivity contribution in [3.05, 3.63) is 57.8 Å². The van der Waals surface area contributed by atoms with Crippen LogP contribution in [0.3, 0.4) is 0 Å². The predicted molar refractivity (Wildman–Crippen MR) is 98.5 cm³/mol. The lowest BCUT2D eigenvalue weighted by Gasteiger charge is -2.37. The normalized spacial score (nSPS) is 17.1. The first-order valence-corrected chi connectivity index (χ1v) is 9.23. The molecular formula is C18H22N2S2. The van der Waals surface area contributed by atoms with E-state index in [0.29, 0.717) is 6.04 Å². The van der Waals surface area contributed by atoms with Crippen LogP contribution in [-0.2, 0) is 12.8 Å². The number of fused-ring (bicyclic) bond motifs is 1. The van der Waals surface area contributed by atoms with Crippen LogP contribution in [0.5, 0.6) is 0 Å². The van der Waals surface area contributed by atoms with Gasteiger partial charge in [0.25, 0.3) is 0 Å². The minimum absolute atomic E-state index is 0.437. The topological polar surface area (TPSA) is 15.3 Å². The Morgan fingerprint density at radius 1 is 1.32 bits per heavy atom. The van der Waals surface area contributed by atoms with Gasteiger partial charge < -0.3 is 10.2 Å². The molecule has 0 bridgehead atoms. The molecule has 0 unspecified atom stereocenters. The van der Waals surface area contributed by atoms with Crippen molar-refractivity contribution in [1.29, 1.82) is 0 Å². The molecule has 1 N–H and O–H groups in total. The number of nitrogens with one attached hydrogen (secondary N) is 1. The maximum atomic E-state index is 5.65. The molecule has 0 aliphatic carbocycles. The lowest BCUT2D eigenvalue weighted by Crippen LogP contribution is -2.45. The second-order valence-corrected chi connectivity index (χ2v) is 7.02. The molecule has 0 amide bonds. The van der Waals surface area contributed by atoms with Crippen LogP contribution in [0.15, 0.2) is 41.8 Å². The fourth-order valence-corrected chi connectivity index (χ4v) is 4.39. The van der Waals surface area contributed by atoms with E-state index < -0.39 is 0 Å². The molecule has 1 aliphatic rings. The Hall–Kier alpha value is -1.39. The van der Waals surface area contributed by atoms with Gasteiger partial charge in [-0.15, -0.1) is 11.3 Å². The van der Waals surface area contributed by atoms with Gasteiger partial charge in [-0.05, 0) is 54.1 Å². The Morgan fingerprint density at radius 2 is 2.14 bits per heavy atom. The summed E-state index contributed by atoms with van der Waals surface area (Å²) in [4.78, 5) is 3.91. The van der Waals surface area contributed by atoms with Crippen LogP contribution in [0.4, 0.5) is 0 Å². The van der Waals surface area contributed by atoms with E-state index in [0.717, 1.165) is 37.5 Å². The summed E-state index contributed by atoms with van der Waals surface area (Å²) in [6.07, 6.45) is 3.23. The van der Waals surface area contributed by atoms with Crippen molar-refractivity contribution < 1.29 is 0 Å². The van der Waals surface area contributed by atoms with Crippen LogP contribution >= 0.6 is 23.6 Å². The molecule has 0 saturated heterocycles. The van der Waals surface area contributed by atoms with Crippen LogP contribution in [0, 0.1) is 0 Å². The summed E-state index contributed by atoms with van der Waals surface area (Å²) in [5.74, 6) is 0. The second-order valence-electron chi connectivity index (χ2n) is 5.63. The standard InChI is InChI=1S/C18H22N2S2/c1-2-16-15-10-13-22-17(15)9-12-20(16)18(21)19-11-8-14-6-4-3-5-7-14/h3-7,10,13,16H,2,8-9,11-12H2,1H3,(H,19,21)/t16-/m1/s1. The van der Waals surface area contributed by atoms with Crippen LogP contribution in [0.1, 0.15) is 35.4 Å². The molecule has 22 heavy (non-hydrogen) atoms. The van der Waals surface area contributed by atoms with Gasteiger partial charge in [0.05, 0.1) is 6.04 Å². The molecule has 116 valence electrons. The Morgan fingerprint density at radius 3 is 2.91 bits per heavy atom. The summed E-state index contributed by atoms with van der Waals surface area (Å²) in [5, 5.41) is 6.56. The third kappa shape index (κ3) is 3.33.